The third-order valence-electron chi connectivity index (χ3n) is 5.89. The molecule has 116 valence electrons. The number of nitrogens with one attached hydrogen (secondary N) is 1. The van der Waals surface area contributed by atoms with Crippen molar-refractivity contribution in [3.05, 3.63) is 0 Å². The molecule has 0 bridgehead atoms. The van der Waals surface area contributed by atoms with E-state index in [0.29, 0.717) is 0 Å². The maximum absolute atomic E-state index is 6.25. The Balaban J connectivity index is 1.52. The number of rotatable bonds is 3. The monoisotopic (exact) mass is 280 g/mol. The summed E-state index contributed by atoms with van der Waals surface area (Å²) in [5, 5.41) is 3.34. The first kappa shape index (κ1) is 14.8. The van der Waals surface area contributed by atoms with Crippen molar-refractivity contribution >= 4 is 0 Å². The van der Waals surface area contributed by atoms with Crippen LogP contribution in [0.4, 0.5) is 0 Å². The maximum Gasteiger partial charge on any atom is 0.0697 e. The molecular formula is C17H32N2O. The molecule has 0 aromatic rings. The van der Waals surface area contributed by atoms with Gasteiger partial charge in [0.25, 0.3) is 0 Å². The Hall–Kier alpha value is -0.120. The van der Waals surface area contributed by atoms with Gasteiger partial charge in [0.15, 0.2) is 0 Å². The molecule has 0 aromatic carbocycles. The fourth-order valence-electron chi connectivity index (χ4n) is 4.67. The summed E-state index contributed by atoms with van der Waals surface area (Å²) < 4.78 is 6.25. The highest BCUT2D eigenvalue weighted by Gasteiger charge is 2.40. The molecule has 1 spiro atoms. The van der Waals surface area contributed by atoms with Crippen LogP contribution in [0.5, 0.6) is 0 Å². The van der Waals surface area contributed by atoms with E-state index in [-0.39, 0.29) is 5.60 Å². The van der Waals surface area contributed by atoms with Crippen LogP contribution in [0.1, 0.15) is 57.8 Å². The molecule has 3 heteroatoms. The van der Waals surface area contributed by atoms with Crippen LogP contribution in [0, 0.1) is 5.92 Å². The minimum Gasteiger partial charge on any atom is -0.375 e. The Bertz CT molecular complexity index is 288. The van der Waals surface area contributed by atoms with Crippen LogP contribution < -0.4 is 5.32 Å². The standard InChI is InChI=1S/C17H32N2O/c1-18-14-15-5-10-19(11-6-15)16-7-12-20-17(13-16)8-3-2-4-9-17/h15-16,18H,2-14H2,1H3. The molecular weight excluding hydrogens is 248 g/mol. The molecule has 3 aliphatic rings. The average molecular weight is 280 g/mol. The molecule has 3 nitrogen and oxygen atoms in total. The zero-order valence-corrected chi connectivity index (χ0v) is 13.2. The highest BCUT2D eigenvalue weighted by molar-refractivity contribution is 4.93. The Morgan fingerprint density at radius 3 is 2.55 bits per heavy atom. The second kappa shape index (κ2) is 6.76. The topological polar surface area (TPSA) is 24.5 Å². The molecule has 1 N–H and O–H groups in total. The number of hydrogen-bond acceptors (Lipinski definition) is 3. The molecule has 0 radical (unpaired) electrons. The van der Waals surface area contributed by atoms with Gasteiger partial charge in [0, 0.05) is 12.6 Å². The van der Waals surface area contributed by atoms with E-state index < -0.39 is 0 Å². The molecule has 3 rings (SSSR count). The van der Waals surface area contributed by atoms with Crippen LogP contribution >= 0.6 is 0 Å². The van der Waals surface area contributed by atoms with Gasteiger partial charge in [0.1, 0.15) is 0 Å². The highest BCUT2D eigenvalue weighted by Crippen LogP contribution is 2.40. The molecule has 2 saturated heterocycles. The van der Waals surface area contributed by atoms with Crippen molar-refractivity contribution in [1.82, 2.24) is 10.2 Å². The maximum atomic E-state index is 6.25. The Morgan fingerprint density at radius 1 is 1.10 bits per heavy atom. The van der Waals surface area contributed by atoms with Crippen LogP contribution in [0.2, 0.25) is 0 Å². The summed E-state index contributed by atoms with van der Waals surface area (Å²) in [6.07, 6.45) is 12.2. The molecule has 20 heavy (non-hydrogen) atoms. The van der Waals surface area contributed by atoms with Gasteiger partial charge in [0.2, 0.25) is 0 Å². The minimum atomic E-state index is 0.267. The summed E-state index contributed by atoms with van der Waals surface area (Å²) in [4.78, 5) is 2.78. The summed E-state index contributed by atoms with van der Waals surface area (Å²) in [5.41, 5.74) is 0.267. The predicted molar refractivity (Wildman–Crippen MR) is 83.0 cm³/mol. The van der Waals surface area contributed by atoms with E-state index in [9.17, 15) is 0 Å². The lowest BCUT2D eigenvalue weighted by atomic mass is 9.77. The molecule has 2 heterocycles. The highest BCUT2D eigenvalue weighted by atomic mass is 16.5. The summed E-state index contributed by atoms with van der Waals surface area (Å²) in [5.74, 6) is 0.903. The fraction of sp³-hybridized carbons (Fsp3) is 1.00. The van der Waals surface area contributed by atoms with E-state index in [1.165, 1.54) is 77.4 Å². The van der Waals surface area contributed by atoms with Gasteiger partial charge in [-0.1, -0.05) is 19.3 Å². The van der Waals surface area contributed by atoms with Crippen molar-refractivity contribution in [2.24, 2.45) is 5.92 Å². The van der Waals surface area contributed by atoms with Crippen LogP contribution in [-0.4, -0.2) is 49.8 Å². The third-order valence-corrected chi connectivity index (χ3v) is 5.89. The zero-order valence-electron chi connectivity index (χ0n) is 13.2. The van der Waals surface area contributed by atoms with Crippen molar-refractivity contribution in [2.75, 3.05) is 33.3 Å². The van der Waals surface area contributed by atoms with Crippen LogP contribution in [-0.2, 0) is 4.74 Å². The van der Waals surface area contributed by atoms with E-state index in [2.05, 4.69) is 17.3 Å². The Labute approximate surface area is 124 Å². The lowest BCUT2D eigenvalue weighted by Gasteiger charge is -2.48. The lowest BCUT2D eigenvalue weighted by molar-refractivity contribution is -0.126. The van der Waals surface area contributed by atoms with Gasteiger partial charge in [-0.05, 0) is 71.1 Å². The molecule has 1 aliphatic carbocycles. The average Bonchev–Trinajstić information content (AvgIpc) is 2.49. The van der Waals surface area contributed by atoms with Gasteiger partial charge in [-0.25, -0.2) is 0 Å². The first-order valence-electron chi connectivity index (χ1n) is 8.84. The molecule has 3 fully saturated rings. The predicted octanol–water partition coefficient (Wildman–Crippen LogP) is 2.80. The van der Waals surface area contributed by atoms with Crippen molar-refractivity contribution < 1.29 is 4.74 Å². The van der Waals surface area contributed by atoms with Crippen molar-refractivity contribution in [3.8, 4) is 0 Å². The van der Waals surface area contributed by atoms with E-state index >= 15 is 0 Å². The summed E-state index contributed by atoms with van der Waals surface area (Å²) >= 11 is 0. The molecule has 2 aliphatic heterocycles. The van der Waals surface area contributed by atoms with Gasteiger partial charge >= 0.3 is 0 Å². The van der Waals surface area contributed by atoms with Crippen LogP contribution in [0.15, 0.2) is 0 Å². The lowest BCUT2D eigenvalue weighted by Crippen LogP contribution is -2.51. The summed E-state index contributed by atoms with van der Waals surface area (Å²) in [7, 11) is 2.08. The second-order valence-corrected chi connectivity index (χ2v) is 7.28. The molecule has 0 aromatic heterocycles. The number of nitrogens with zero attached hydrogens (tertiary/aromatic N) is 1. The van der Waals surface area contributed by atoms with E-state index in [0.717, 1.165) is 18.6 Å². The first-order valence-corrected chi connectivity index (χ1v) is 8.84. The van der Waals surface area contributed by atoms with Crippen molar-refractivity contribution in [1.29, 1.82) is 0 Å². The number of ether oxygens (including phenoxy) is 1. The molecule has 0 amide bonds. The smallest absolute Gasteiger partial charge is 0.0697 e. The normalized spacial score (nSPS) is 32.5. The zero-order chi connectivity index (χ0) is 13.8. The van der Waals surface area contributed by atoms with E-state index in [4.69, 9.17) is 4.74 Å². The summed E-state index contributed by atoms with van der Waals surface area (Å²) in [6, 6.07) is 0.803. The minimum absolute atomic E-state index is 0.267. The molecule has 1 saturated carbocycles. The van der Waals surface area contributed by atoms with Gasteiger partial charge in [-0.3, -0.25) is 0 Å². The number of likely N-dealkylation sites (tertiary alicyclic amines) is 1. The fourth-order valence-corrected chi connectivity index (χ4v) is 4.67. The largest absolute Gasteiger partial charge is 0.375 e. The molecule has 1 unspecified atom stereocenters. The first-order chi connectivity index (χ1) is 9.81. The van der Waals surface area contributed by atoms with Crippen LogP contribution in [0.25, 0.3) is 0 Å². The Morgan fingerprint density at radius 2 is 1.85 bits per heavy atom. The second-order valence-electron chi connectivity index (χ2n) is 7.28. The summed E-state index contributed by atoms with van der Waals surface area (Å²) in [6.45, 7) is 4.83. The quantitative estimate of drug-likeness (QED) is 0.860. The van der Waals surface area contributed by atoms with E-state index in [1.54, 1.807) is 0 Å². The van der Waals surface area contributed by atoms with Crippen molar-refractivity contribution in [3.63, 3.8) is 0 Å². The van der Waals surface area contributed by atoms with Gasteiger partial charge in [-0.2, -0.15) is 0 Å². The molecule has 1 atom stereocenters. The Kier molecular flexibility index (Phi) is 5.00. The van der Waals surface area contributed by atoms with Crippen LogP contribution in [0.3, 0.4) is 0 Å². The van der Waals surface area contributed by atoms with Gasteiger partial charge in [-0.15, -0.1) is 0 Å². The van der Waals surface area contributed by atoms with Gasteiger partial charge in [0.05, 0.1) is 5.60 Å². The van der Waals surface area contributed by atoms with E-state index in [1.807, 2.05) is 0 Å². The number of hydrogen-bond donors (Lipinski definition) is 1. The third kappa shape index (κ3) is 3.37. The van der Waals surface area contributed by atoms with Gasteiger partial charge < -0.3 is 15.0 Å². The van der Waals surface area contributed by atoms with Crippen molar-refractivity contribution in [2.45, 2.75) is 69.4 Å². The number of piperidine rings is 1. The SMILES string of the molecule is CNCC1CCN(C2CCOC3(CCCCC3)C2)CC1.